The average molecular weight is 434 g/mol. The molecule has 2 aromatic carbocycles. The van der Waals surface area contributed by atoms with E-state index in [1.165, 1.54) is 0 Å². The summed E-state index contributed by atoms with van der Waals surface area (Å²) < 4.78 is 11.1. The standard InChI is InChI=1S/C25H26N2O5/c28-24(15-18-8-10-20(11-9-18)31-17-19-5-2-1-3-6-19)27-14-4-7-23(27)22-16-21(32-26-22)12-13-25(29)30/h1-3,5-6,8-11,16,23H,4,7,12-15,17H2,(H,29,30). The Morgan fingerprint density at radius 2 is 1.88 bits per heavy atom. The molecule has 4 rings (SSSR count). The summed E-state index contributed by atoms with van der Waals surface area (Å²) in [4.78, 5) is 25.6. The number of hydrogen-bond donors (Lipinski definition) is 1. The number of aliphatic carboxylic acids is 1. The lowest BCUT2D eigenvalue weighted by molar-refractivity contribution is -0.137. The Labute approximate surface area is 186 Å². The van der Waals surface area contributed by atoms with Gasteiger partial charge in [-0.3, -0.25) is 9.59 Å². The van der Waals surface area contributed by atoms with E-state index in [1.807, 2.05) is 59.5 Å². The van der Waals surface area contributed by atoms with Crippen LogP contribution in [-0.2, 0) is 29.0 Å². The minimum Gasteiger partial charge on any atom is -0.489 e. The van der Waals surface area contributed by atoms with E-state index in [1.54, 1.807) is 6.07 Å². The molecule has 1 unspecified atom stereocenters. The first-order chi connectivity index (χ1) is 15.6. The lowest BCUT2D eigenvalue weighted by Gasteiger charge is -2.23. The molecule has 1 atom stereocenters. The number of hydrogen-bond acceptors (Lipinski definition) is 5. The molecular weight excluding hydrogens is 408 g/mol. The molecule has 1 N–H and O–H groups in total. The molecule has 3 aromatic rings. The third kappa shape index (κ3) is 5.55. The van der Waals surface area contributed by atoms with E-state index in [4.69, 9.17) is 14.4 Å². The van der Waals surface area contributed by atoms with Crippen molar-refractivity contribution in [3.05, 3.63) is 83.2 Å². The van der Waals surface area contributed by atoms with E-state index in [9.17, 15) is 9.59 Å². The molecule has 0 spiro atoms. The average Bonchev–Trinajstić information content (AvgIpc) is 3.47. The first-order valence-electron chi connectivity index (χ1n) is 10.8. The zero-order valence-corrected chi connectivity index (χ0v) is 17.8. The van der Waals surface area contributed by atoms with Crippen molar-refractivity contribution in [1.82, 2.24) is 10.1 Å². The van der Waals surface area contributed by atoms with Gasteiger partial charge < -0.3 is 19.3 Å². The Morgan fingerprint density at radius 3 is 2.62 bits per heavy atom. The van der Waals surface area contributed by atoms with Crippen molar-refractivity contribution in [3.63, 3.8) is 0 Å². The Morgan fingerprint density at radius 1 is 1.09 bits per heavy atom. The number of benzene rings is 2. The summed E-state index contributed by atoms with van der Waals surface area (Å²) in [5, 5.41) is 12.9. The first kappa shape index (κ1) is 21.6. The van der Waals surface area contributed by atoms with Gasteiger partial charge in [0.2, 0.25) is 5.91 Å². The molecule has 166 valence electrons. The SMILES string of the molecule is O=C(O)CCc1cc(C2CCCN2C(=O)Cc2ccc(OCc3ccccc3)cc2)no1. The summed E-state index contributed by atoms with van der Waals surface area (Å²) in [5.74, 6) is 0.464. The summed E-state index contributed by atoms with van der Waals surface area (Å²) >= 11 is 0. The van der Waals surface area contributed by atoms with Gasteiger partial charge in [0.15, 0.2) is 0 Å². The van der Waals surface area contributed by atoms with Crippen LogP contribution in [0.15, 0.2) is 65.2 Å². The van der Waals surface area contributed by atoms with Crippen LogP contribution < -0.4 is 4.74 Å². The normalized spacial score (nSPS) is 15.6. The fourth-order valence-electron chi connectivity index (χ4n) is 3.93. The predicted molar refractivity (Wildman–Crippen MR) is 117 cm³/mol. The van der Waals surface area contributed by atoms with Gasteiger partial charge in [-0.25, -0.2) is 0 Å². The molecule has 0 saturated carbocycles. The number of ether oxygens (including phenoxy) is 1. The van der Waals surface area contributed by atoms with Crippen molar-refractivity contribution in [3.8, 4) is 5.75 Å². The highest BCUT2D eigenvalue weighted by molar-refractivity contribution is 5.79. The number of aryl methyl sites for hydroxylation is 1. The topological polar surface area (TPSA) is 92.9 Å². The van der Waals surface area contributed by atoms with Crippen LogP contribution in [0.3, 0.4) is 0 Å². The predicted octanol–water partition coefficient (Wildman–Crippen LogP) is 4.18. The van der Waals surface area contributed by atoms with Crippen molar-refractivity contribution in [2.24, 2.45) is 0 Å². The van der Waals surface area contributed by atoms with Gasteiger partial charge in [0.25, 0.3) is 0 Å². The van der Waals surface area contributed by atoms with Crippen molar-refractivity contribution < 1.29 is 24.0 Å². The molecule has 0 bridgehead atoms. The quantitative estimate of drug-likeness (QED) is 0.543. The van der Waals surface area contributed by atoms with Crippen LogP contribution in [0.25, 0.3) is 0 Å². The molecule has 1 saturated heterocycles. The van der Waals surface area contributed by atoms with Crippen LogP contribution in [0.5, 0.6) is 5.75 Å². The van der Waals surface area contributed by atoms with Crippen molar-refractivity contribution in [1.29, 1.82) is 0 Å². The van der Waals surface area contributed by atoms with E-state index in [0.717, 1.165) is 29.7 Å². The van der Waals surface area contributed by atoms with E-state index < -0.39 is 5.97 Å². The molecule has 1 aliphatic heterocycles. The smallest absolute Gasteiger partial charge is 0.303 e. The minimum absolute atomic E-state index is 0.00694. The summed E-state index contributed by atoms with van der Waals surface area (Å²) in [7, 11) is 0. The molecule has 0 radical (unpaired) electrons. The van der Waals surface area contributed by atoms with E-state index in [2.05, 4.69) is 5.16 Å². The van der Waals surface area contributed by atoms with Crippen LogP contribution in [0, 0.1) is 0 Å². The van der Waals surface area contributed by atoms with Crippen LogP contribution in [0.1, 0.15) is 47.9 Å². The maximum Gasteiger partial charge on any atom is 0.303 e. The number of carbonyl (C=O) groups is 2. The monoisotopic (exact) mass is 434 g/mol. The largest absolute Gasteiger partial charge is 0.489 e. The molecule has 32 heavy (non-hydrogen) atoms. The third-order valence-corrected chi connectivity index (χ3v) is 5.60. The highest BCUT2D eigenvalue weighted by Gasteiger charge is 2.32. The van der Waals surface area contributed by atoms with Crippen LogP contribution in [-0.4, -0.2) is 33.6 Å². The number of likely N-dealkylation sites (tertiary alicyclic amines) is 1. The highest BCUT2D eigenvalue weighted by atomic mass is 16.5. The maximum atomic E-state index is 13.0. The second kappa shape index (κ2) is 10.1. The van der Waals surface area contributed by atoms with E-state index in [0.29, 0.717) is 37.4 Å². The first-order valence-corrected chi connectivity index (χ1v) is 10.8. The Balaban J connectivity index is 1.33. The summed E-state index contributed by atoms with van der Waals surface area (Å²) in [6, 6.07) is 19.2. The van der Waals surface area contributed by atoms with Crippen LogP contribution >= 0.6 is 0 Å². The van der Waals surface area contributed by atoms with Crippen LogP contribution in [0.2, 0.25) is 0 Å². The summed E-state index contributed by atoms with van der Waals surface area (Å²) in [6.45, 7) is 1.18. The van der Waals surface area contributed by atoms with Gasteiger partial charge in [-0.2, -0.15) is 0 Å². The molecular formula is C25H26N2O5. The Bertz CT molecular complexity index is 1050. The second-order valence-corrected chi connectivity index (χ2v) is 7.95. The van der Waals surface area contributed by atoms with E-state index >= 15 is 0 Å². The molecule has 1 fully saturated rings. The van der Waals surface area contributed by atoms with Gasteiger partial charge in [0.05, 0.1) is 18.9 Å². The number of carboxylic acid groups (broad SMARTS) is 1. The number of nitrogens with zero attached hydrogens (tertiary/aromatic N) is 2. The van der Waals surface area contributed by atoms with Crippen molar-refractivity contribution >= 4 is 11.9 Å². The van der Waals surface area contributed by atoms with Gasteiger partial charge in [0, 0.05) is 19.0 Å². The van der Waals surface area contributed by atoms with Gasteiger partial charge in [0.1, 0.15) is 23.8 Å². The number of carboxylic acids is 1. The summed E-state index contributed by atoms with van der Waals surface area (Å²) in [6.07, 6.45) is 2.32. The van der Waals surface area contributed by atoms with Gasteiger partial charge in [-0.15, -0.1) is 0 Å². The third-order valence-electron chi connectivity index (χ3n) is 5.60. The molecule has 1 amide bonds. The van der Waals surface area contributed by atoms with Crippen molar-refractivity contribution in [2.75, 3.05) is 6.54 Å². The number of carbonyl (C=O) groups excluding carboxylic acids is 1. The lowest BCUT2D eigenvalue weighted by atomic mass is 10.1. The Hall–Kier alpha value is -3.61. The van der Waals surface area contributed by atoms with Gasteiger partial charge >= 0.3 is 5.97 Å². The second-order valence-electron chi connectivity index (χ2n) is 7.95. The number of rotatable bonds is 9. The number of amides is 1. The number of aromatic nitrogens is 1. The molecule has 0 aliphatic carbocycles. The molecule has 1 aromatic heterocycles. The zero-order valence-electron chi connectivity index (χ0n) is 17.8. The maximum absolute atomic E-state index is 13.0. The van der Waals surface area contributed by atoms with Crippen molar-refractivity contribution in [2.45, 2.75) is 44.8 Å². The van der Waals surface area contributed by atoms with E-state index in [-0.39, 0.29) is 18.4 Å². The molecule has 7 nitrogen and oxygen atoms in total. The highest BCUT2D eigenvalue weighted by Crippen LogP contribution is 2.32. The molecule has 1 aliphatic rings. The fourth-order valence-corrected chi connectivity index (χ4v) is 3.93. The Kier molecular flexibility index (Phi) is 6.84. The summed E-state index contributed by atoms with van der Waals surface area (Å²) in [5.41, 5.74) is 2.72. The fraction of sp³-hybridized carbons (Fsp3) is 0.320. The molecule has 7 heteroatoms. The van der Waals surface area contributed by atoms with Gasteiger partial charge in [-0.05, 0) is 36.1 Å². The zero-order chi connectivity index (χ0) is 22.3. The molecule has 2 heterocycles. The minimum atomic E-state index is -0.878. The lowest BCUT2D eigenvalue weighted by Crippen LogP contribution is -2.32. The van der Waals surface area contributed by atoms with Crippen LogP contribution in [0.4, 0.5) is 0 Å². The van der Waals surface area contributed by atoms with Gasteiger partial charge in [-0.1, -0.05) is 47.6 Å².